The van der Waals surface area contributed by atoms with Crippen LogP contribution in [0.15, 0.2) is 12.7 Å². The van der Waals surface area contributed by atoms with Crippen LogP contribution in [-0.2, 0) is 45.0 Å². The minimum absolute atomic E-state index is 0.0438. The lowest BCUT2D eigenvalue weighted by Gasteiger charge is -2.30. The van der Waals surface area contributed by atoms with Gasteiger partial charge < -0.3 is 29.6 Å². The van der Waals surface area contributed by atoms with Crippen molar-refractivity contribution in [3.63, 3.8) is 0 Å². The first-order valence-electron chi connectivity index (χ1n) is 8.98. The topological polar surface area (TPSA) is 260 Å². The number of phosphoric ester groups is 1. The van der Waals surface area contributed by atoms with Crippen molar-refractivity contribution in [2.75, 3.05) is 19.0 Å². The fourth-order valence-electron chi connectivity index (χ4n) is 3.20. The average molecular weight is 567 g/mol. The molecule has 190 valence electrons. The van der Waals surface area contributed by atoms with Crippen LogP contribution < -0.4 is 5.32 Å². The van der Waals surface area contributed by atoms with E-state index in [9.17, 15) is 28.0 Å². The highest BCUT2D eigenvalue weighted by atomic mass is 31.3. The third-order valence-corrected chi connectivity index (χ3v) is 10.3. The highest BCUT2D eigenvalue weighted by Gasteiger charge is 2.52. The maximum Gasteiger partial charge on any atom is 0.490 e. The molecule has 2 aliphatic rings. The maximum atomic E-state index is 12.7. The van der Waals surface area contributed by atoms with Crippen molar-refractivity contribution < 1.29 is 64.6 Å². The van der Waals surface area contributed by atoms with E-state index in [2.05, 4.69) is 33.2 Å². The molecule has 5 N–H and O–H groups in total. The molecule has 4 heterocycles. The van der Waals surface area contributed by atoms with E-state index in [4.69, 9.17) is 23.6 Å². The molecule has 0 spiro atoms. The lowest BCUT2D eigenvalue weighted by Crippen LogP contribution is -2.33. The first-order valence-corrected chi connectivity index (χ1v) is 15.0. The molecule has 2 aromatic rings. The fraction of sp³-hybridized carbons (Fsp3) is 0.545. The largest absolute Gasteiger partial charge is 0.490 e. The third-order valence-electron chi connectivity index (χ3n) is 4.37. The van der Waals surface area contributed by atoms with Crippen LogP contribution in [0.4, 0.5) is 5.82 Å². The molecule has 0 aliphatic carbocycles. The number of imidazole rings is 1. The predicted molar refractivity (Wildman–Crippen MR) is 107 cm³/mol. The van der Waals surface area contributed by atoms with E-state index in [1.165, 1.54) is 12.7 Å². The van der Waals surface area contributed by atoms with E-state index < -0.39 is 56.3 Å². The summed E-state index contributed by atoms with van der Waals surface area (Å²) in [5.41, 5.74) is 0.874. The first kappa shape index (κ1) is 25.9. The minimum Gasteiger partial charge on any atom is -0.371 e. The van der Waals surface area contributed by atoms with Gasteiger partial charge in [0.05, 0.1) is 12.9 Å². The van der Waals surface area contributed by atoms with Crippen LogP contribution in [0, 0.1) is 0 Å². The van der Waals surface area contributed by atoms with Crippen LogP contribution in [0.3, 0.4) is 0 Å². The molecule has 2 aliphatic heterocycles. The molecule has 0 saturated carbocycles. The number of ether oxygens (including phenoxy) is 1. The van der Waals surface area contributed by atoms with Crippen molar-refractivity contribution >= 4 is 48.3 Å². The van der Waals surface area contributed by atoms with Gasteiger partial charge in [-0.3, -0.25) is 13.6 Å². The van der Waals surface area contributed by atoms with Crippen LogP contribution in [0.5, 0.6) is 0 Å². The van der Waals surface area contributed by atoms with Crippen molar-refractivity contribution in [2.24, 2.45) is 0 Å². The quantitative estimate of drug-likeness (QED) is 0.279. The van der Waals surface area contributed by atoms with Crippen molar-refractivity contribution in [2.45, 2.75) is 24.9 Å². The number of fused-ring (bicyclic) bond motifs is 2. The van der Waals surface area contributed by atoms with E-state index in [1.54, 1.807) is 11.6 Å². The normalized spacial score (nSPS) is 31.0. The average Bonchev–Trinajstić information content (AvgIpc) is 3.26. The Labute approximate surface area is 189 Å². The molecule has 23 heteroatoms. The van der Waals surface area contributed by atoms with Crippen molar-refractivity contribution in [1.29, 1.82) is 0 Å². The van der Waals surface area contributed by atoms with Crippen molar-refractivity contribution in [3.05, 3.63) is 12.7 Å². The summed E-state index contributed by atoms with van der Waals surface area (Å²) in [7, 11) is -20.4. The number of phosphoric acid groups is 4. The number of hydrogen-bond donors (Lipinski definition) is 5. The Morgan fingerprint density at radius 1 is 1.12 bits per heavy atom. The summed E-state index contributed by atoms with van der Waals surface area (Å²) in [5.74, 6) is 0.472. The summed E-state index contributed by atoms with van der Waals surface area (Å²) in [6.07, 6.45) is 0.294. The van der Waals surface area contributed by atoms with Gasteiger partial charge in [-0.2, -0.15) is 12.9 Å². The van der Waals surface area contributed by atoms with Crippen LogP contribution in [-0.4, -0.2) is 65.0 Å². The molecular weight excluding hydrogens is 550 g/mol. The molecule has 2 fully saturated rings. The zero-order chi connectivity index (χ0) is 24.9. The maximum absolute atomic E-state index is 12.7. The number of aromatic nitrogens is 4. The van der Waals surface area contributed by atoms with E-state index in [1.807, 2.05) is 0 Å². The van der Waals surface area contributed by atoms with Gasteiger partial charge in [-0.1, -0.05) is 0 Å². The van der Waals surface area contributed by atoms with E-state index in [0.717, 1.165) is 0 Å². The van der Waals surface area contributed by atoms with Gasteiger partial charge >= 0.3 is 31.3 Å². The Balaban J connectivity index is 1.45. The number of nitrogens with one attached hydrogen (secondary N) is 1. The van der Waals surface area contributed by atoms with E-state index in [0.29, 0.717) is 17.0 Å². The first-order chi connectivity index (χ1) is 15.7. The van der Waals surface area contributed by atoms with Crippen LogP contribution in [0.1, 0.15) is 12.6 Å². The lowest BCUT2D eigenvalue weighted by molar-refractivity contribution is -0.0657. The Morgan fingerprint density at radius 2 is 1.85 bits per heavy atom. The number of rotatable bonds is 8. The van der Waals surface area contributed by atoms with Crippen LogP contribution in [0.2, 0.25) is 0 Å². The zero-order valence-corrected chi connectivity index (χ0v) is 20.3. The SMILES string of the molecule is CNc1ncnc2c1ncn2[C@H]1C[C@@H]2OP(=O)(OP(=O)(O)OP(=O)(O)OP(=O)(O)O)OC[C@H]2O1. The summed E-state index contributed by atoms with van der Waals surface area (Å²) < 4.78 is 75.7. The molecule has 0 radical (unpaired) electrons. The summed E-state index contributed by atoms with van der Waals surface area (Å²) in [6.45, 7) is -0.433. The van der Waals surface area contributed by atoms with E-state index >= 15 is 0 Å². The second-order valence-corrected chi connectivity index (χ2v) is 12.9. The fourth-order valence-corrected chi connectivity index (χ4v) is 8.39. The molecular formula is C11H17N5O14P4. The Hall–Kier alpha value is -1.13. The second kappa shape index (κ2) is 9.07. The number of nitrogens with zero attached hydrogens (tertiary/aromatic N) is 4. The minimum atomic E-state index is -5.81. The molecule has 0 aromatic carbocycles. The van der Waals surface area contributed by atoms with Gasteiger partial charge in [0.15, 0.2) is 11.5 Å². The standard InChI is InChI=1S/C11H17N5O14P4/c1-12-10-9-11(14-4-13-10)16(5-15-9)8-2-6-7(26-8)3-25-34(24,27-6)30-33(22,23)29-32(20,21)28-31(17,18)19/h4-8H,2-3H2,1H3,(H,20,21)(H,22,23)(H,12,13,14)(H2,17,18,19)/t6-,7+,8+,34?/m0/s1. The molecule has 2 aromatic heterocycles. The summed E-state index contributed by atoms with van der Waals surface area (Å²) in [4.78, 5) is 48.4. The molecule has 19 nitrogen and oxygen atoms in total. The molecule has 6 atom stereocenters. The van der Waals surface area contributed by atoms with Gasteiger partial charge in [0.2, 0.25) is 0 Å². The van der Waals surface area contributed by atoms with Gasteiger partial charge in [0.1, 0.15) is 30.3 Å². The number of hydrogen-bond acceptors (Lipinski definition) is 14. The van der Waals surface area contributed by atoms with Crippen molar-refractivity contribution in [1.82, 2.24) is 19.5 Å². The molecule has 0 amide bonds. The molecule has 3 unspecified atom stereocenters. The third kappa shape index (κ3) is 5.81. The van der Waals surface area contributed by atoms with Gasteiger partial charge in [0.25, 0.3) is 0 Å². The summed E-state index contributed by atoms with van der Waals surface area (Å²) >= 11 is 0. The Bertz CT molecular complexity index is 1280. The summed E-state index contributed by atoms with van der Waals surface area (Å²) in [6, 6.07) is 0. The summed E-state index contributed by atoms with van der Waals surface area (Å²) in [5, 5.41) is 2.87. The van der Waals surface area contributed by atoms with Gasteiger partial charge in [-0.05, 0) is 0 Å². The molecule has 2 saturated heterocycles. The monoisotopic (exact) mass is 567 g/mol. The molecule has 0 bridgehead atoms. The van der Waals surface area contributed by atoms with Crippen molar-refractivity contribution in [3.8, 4) is 0 Å². The van der Waals surface area contributed by atoms with E-state index in [-0.39, 0.29) is 6.42 Å². The second-order valence-electron chi connectivity index (χ2n) is 6.72. The predicted octanol–water partition coefficient (Wildman–Crippen LogP) is 1.02. The highest BCUT2D eigenvalue weighted by Crippen LogP contribution is 2.73. The van der Waals surface area contributed by atoms with Gasteiger partial charge in [-0.15, -0.1) is 0 Å². The Morgan fingerprint density at radius 3 is 2.53 bits per heavy atom. The zero-order valence-electron chi connectivity index (χ0n) is 16.8. The van der Waals surface area contributed by atoms with Crippen LogP contribution >= 0.6 is 31.3 Å². The van der Waals surface area contributed by atoms with Gasteiger partial charge in [0, 0.05) is 13.5 Å². The van der Waals surface area contributed by atoms with Crippen LogP contribution in [0.25, 0.3) is 11.2 Å². The molecule has 34 heavy (non-hydrogen) atoms. The smallest absolute Gasteiger partial charge is 0.371 e. The highest BCUT2D eigenvalue weighted by molar-refractivity contribution is 7.69. The molecule has 4 rings (SSSR count). The lowest BCUT2D eigenvalue weighted by atomic mass is 10.2. The Kier molecular flexibility index (Phi) is 6.92. The number of anilines is 1. The van der Waals surface area contributed by atoms with Gasteiger partial charge in [-0.25, -0.2) is 33.2 Å².